The fourth-order valence-corrected chi connectivity index (χ4v) is 3.87. The summed E-state index contributed by atoms with van der Waals surface area (Å²) >= 11 is 1.93. The molecule has 0 aliphatic rings. The molecule has 1 heterocycles. The third kappa shape index (κ3) is 5.80. The maximum Gasteiger partial charge on any atom is 0.188 e. The van der Waals surface area contributed by atoms with Gasteiger partial charge in [0.1, 0.15) is 0 Å². The van der Waals surface area contributed by atoms with E-state index in [-0.39, 0.29) is 5.04 Å². The number of hydrogen-bond acceptors (Lipinski definition) is 2. The quantitative estimate of drug-likeness (QED) is 0.494. The van der Waals surface area contributed by atoms with Crippen LogP contribution in [0.25, 0.3) is 0 Å². The highest BCUT2D eigenvalue weighted by Crippen LogP contribution is 2.40. The molecular weight excluding hydrogens is 268 g/mol. The van der Waals surface area contributed by atoms with E-state index in [2.05, 4.69) is 46.0 Å². The molecule has 0 aliphatic heterocycles. The zero-order valence-electron chi connectivity index (χ0n) is 13.3. The van der Waals surface area contributed by atoms with Gasteiger partial charge < -0.3 is 4.80 Å². The molecule has 0 unspecified atom stereocenters. The van der Waals surface area contributed by atoms with Crippen LogP contribution in [0.15, 0.2) is 12.1 Å². The first-order valence-electron chi connectivity index (χ1n) is 7.50. The minimum Gasteiger partial charge on any atom is -0.432 e. The Morgan fingerprint density at radius 1 is 1.11 bits per heavy atom. The molecule has 0 saturated heterocycles. The highest BCUT2D eigenvalue weighted by atomic mass is 32.1. The van der Waals surface area contributed by atoms with Gasteiger partial charge in [-0.15, -0.1) is 11.3 Å². The minimum atomic E-state index is -2.00. The van der Waals surface area contributed by atoms with E-state index in [0.717, 1.165) is 0 Å². The van der Waals surface area contributed by atoms with Gasteiger partial charge in [-0.05, 0) is 56.5 Å². The maximum absolute atomic E-state index is 10.2. The Balaban J connectivity index is 2.12. The summed E-state index contributed by atoms with van der Waals surface area (Å²) in [7, 11) is -2.00. The molecule has 0 spiro atoms. The van der Waals surface area contributed by atoms with E-state index in [1.54, 1.807) is 0 Å². The van der Waals surface area contributed by atoms with Gasteiger partial charge >= 0.3 is 0 Å². The molecule has 1 aromatic heterocycles. The first-order chi connectivity index (χ1) is 8.72. The van der Waals surface area contributed by atoms with Crippen molar-refractivity contribution in [3.63, 3.8) is 0 Å². The van der Waals surface area contributed by atoms with Crippen LogP contribution < -0.4 is 0 Å². The summed E-state index contributed by atoms with van der Waals surface area (Å²) in [6.45, 7) is 10.8. The van der Waals surface area contributed by atoms with E-state index < -0.39 is 8.32 Å². The van der Waals surface area contributed by atoms with Crippen LogP contribution in [-0.2, 0) is 6.42 Å². The third-order valence-corrected chi connectivity index (χ3v) is 9.05. The second-order valence-corrected chi connectivity index (χ2v) is 12.7. The van der Waals surface area contributed by atoms with Crippen molar-refractivity contribution in [3.05, 3.63) is 21.9 Å². The van der Waals surface area contributed by atoms with Crippen LogP contribution in [0.3, 0.4) is 0 Å². The molecule has 0 aromatic carbocycles. The standard InChI is InChI=1S/C16H30OSSi/c1-14-11-12-15(18-14)10-8-6-7-9-13-16(2,3)19(4,5)17/h11-12,17H,6-10,13H2,1-5H3. The Morgan fingerprint density at radius 3 is 2.26 bits per heavy atom. The molecule has 0 amide bonds. The van der Waals surface area contributed by atoms with Gasteiger partial charge in [0.2, 0.25) is 0 Å². The summed E-state index contributed by atoms with van der Waals surface area (Å²) in [5.41, 5.74) is 0. The monoisotopic (exact) mass is 298 g/mol. The minimum absolute atomic E-state index is 0.151. The van der Waals surface area contributed by atoms with Gasteiger partial charge in [0.25, 0.3) is 0 Å². The Morgan fingerprint density at radius 2 is 1.74 bits per heavy atom. The van der Waals surface area contributed by atoms with Crippen LogP contribution in [0, 0.1) is 6.92 Å². The van der Waals surface area contributed by atoms with Crippen molar-refractivity contribution in [2.75, 3.05) is 0 Å². The second-order valence-electron chi connectivity index (χ2n) is 6.87. The van der Waals surface area contributed by atoms with Crippen molar-refractivity contribution in [2.45, 2.75) is 77.4 Å². The molecule has 1 nitrogen and oxygen atoms in total. The van der Waals surface area contributed by atoms with Crippen molar-refractivity contribution >= 4 is 19.7 Å². The molecule has 110 valence electrons. The number of rotatable bonds is 8. The van der Waals surface area contributed by atoms with Crippen molar-refractivity contribution in [3.8, 4) is 0 Å². The summed E-state index contributed by atoms with van der Waals surface area (Å²) in [4.78, 5) is 13.2. The molecule has 3 heteroatoms. The largest absolute Gasteiger partial charge is 0.432 e. The molecule has 0 bridgehead atoms. The van der Waals surface area contributed by atoms with Crippen LogP contribution in [0.2, 0.25) is 18.1 Å². The summed E-state index contributed by atoms with van der Waals surface area (Å²) in [5.74, 6) is 0. The van der Waals surface area contributed by atoms with Gasteiger partial charge in [0.05, 0.1) is 0 Å². The molecule has 0 aliphatic carbocycles. The molecule has 19 heavy (non-hydrogen) atoms. The number of unbranched alkanes of at least 4 members (excludes halogenated alkanes) is 3. The lowest BCUT2D eigenvalue weighted by Crippen LogP contribution is -2.38. The molecule has 1 rings (SSSR count). The van der Waals surface area contributed by atoms with Gasteiger partial charge in [-0.25, -0.2) is 0 Å². The predicted molar refractivity (Wildman–Crippen MR) is 89.6 cm³/mol. The van der Waals surface area contributed by atoms with Crippen LogP contribution >= 0.6 is 11.3 Å². The lowest BCUT2D eigenvalue weighted by atomic mass is 10.0. The number of aryl methyl sites for hydroxylation is 2. The first kappa shape index (κ1) is 16.9. The molecule has 0 fully saturated rings. The number of hydrogen-bond donors (Lipinski definition) is 1. The molecule has 0 saturated carbocycles. The lowest BCUT2D eigenvalue weighted by molar-refractivity contribution is 0.434. The SMILES string of the molecule is Cc1ccc(CCCCCCC(C)(C)[Si](C)(C)O)s1. The molecule has 1 N–H and O–H groups in total. The van der Waals surface area contributed by atoms with Gasteiger partial charge in [-0.1, -0.05) is 33.1 Å². The van der Waals surface area contributed by atoms with Crippen LogP contribution in [0.5, 0.6) is 0 Å². The molecule has 0 radical (unpaired) electrons. The maximum atomic E-state index is 10.2. The predicted octanol–water partition coefficient (Wildman–Crippen LogP) is 5.53. The van der Waals surface area contributed by atoms with Crippen molar-refractivity contribution < 1.29 is 4.80 Å². The third-order valence-electron chi connectivity index (χ3n) is 4.43. The van der Waals surface area contributed by atoms with Crippen molar-refractivity contribution in [2.24, 2.45) is 0 Å². The molecule has 1 aromatic rings. The Kier molecular flexibility index (Phi) is 6.28. The number of thiophene rings is 1. The summed E-state index contributed by atoms with van der Waals surface area (Å²) in [6.07, 6.45) is 7.59. The molecule has 0 atom stereocenters. The average molecular weight is 299 g/mol. The van der Waals surface area contributed by atoms with Gasteiger partial charge in [0, 0.05) is 9.75 Å². The van der Waals surface area contributed by atoms with E-state index in [4.69, 9.17) is 0 Å². The fraction of sp³-hybridized carbons (Fsp3) is 0.750. The van der Waals surface area contributed by atoms with Gasteiger partial charge in [0.15, 0.2) is 8.32 Å². The fourth-order valence-electron chi connectivity index (χ4n) is 2.15. The van der Waals surface area contributed by atoms with Crippen LogP contribution in [-0.4, -0.2) is 13.1 Å². The van der Waals surface area contributed by atoms with E-state index in [1.807, 2.05) is 11.3 Å². The summed E-state index contributed by atoms with van der Waals surface area (Å²) in [5, 5.41) is 0.151. The van der Waals surface area contributed by atoms with Crippen molar-refractivity contribution in [1.82, 2.24) is 0 Å². The molecular formula is C16H30OSSi. The van der Waals surface area contributed by atoms with Crippen LogP contribution in [0.4, 0.5) is 0 Å². The van der Waals surface area contributed by atoms with E-state index in [1.165, 1.54) is 48.3 Å². The highest BCUT2D eigenvalue weighted by molar-refractivity contribution is 7.11. The Bertz CT molecular complexity index is 376. The smallest absolute Gasteiger partial charge is 0.188 e. The zero-order valence-corrected chi connectivity index (χ0v) is 15.1. The normalized spacial score (nSPS) is 12.9. The van der Waals surface area contributed by atoms with Crippen LogP contribution in [0.1, 0.15) is 55.7 Å². The Hall–Kier alpha value is -0.123. The van der Waals surface area contributed by atoms with E-state index >= 15 is 0 Å². The lowest BCUT2D eigenvalue weighted by Gasteiger charge is -2.35. The summed E-state index contributed by atoms with van der Waals surface area (Å²) in [6, 6.07) is 4.49. The highest BCUT2D eigenvalue weighted by Gasteiger charge is 2.37. The Labute approximate surface area is 124 Å². The van der Waals surface area contributed by atoms with E-state index in [9.17, 15) is 4.80 Å². The van der Waals surface area contributed by atoms with E-state index in [0.29, 0.717) is 0 Å². The average Bonchev–Trinajstić information content (AvgIpc) is 2.67. The topological polar surface area (TPSA) is 20.2 Å². The first-order valence-corrected chi connectivity index (χ1v) is 11.3. The van der Waals surface area contributed by atoms with Crippen molar-refractivity contribution in [1.29, 1.82) is 0 Å². The van der Waals surface area contributed by atoms with Gasteiger partial charge in [-0.2, -0.15) is 0 Å². The zero-order chi connectivity index (χ0) is 14.5. The summed E-state index contributed by atoms with van der Waals surface area (Å²) < 4.78 is 0. The second kappa shape index (κ2) is 7.05. The van der Waals surface area contributed by atoms with Gasteiger partial charge in [-0.3, -0.25) is 0 Å².